The van der Waals surface area contributed by atoms with E-state index in [1.54, 1.807) is 18.2 Å². The SMILES string of the molecule is CCOc1ccc(N/C=C(/C#N)C(=O)NC(C)(C)C)cc1OCC. The van der Waals surface area contributed by atoms with Gasteiger partial charge < -0.3 is 20.1 Å². The van der Waals surface area contributed by atoms with Crippen molar-refractivity contribution in [2.24, 2.45) is 0 Å². The zero-order chi connectivity index (χ0) is 18.2. The Kier molecular flexibility index (Phi) is 7.12. The molecule has 0 atom stereocenters. The first-order chi connectivity index (χ1) is 11.3. The summed E-state index contributed by atoms with van der Waals surface area (Å²) < 4.78 is 11.0. The lowest BCUT2D eigenvalue weighted by Gasteiger charge is -2.20. The summed E-state index contributed by atoms with van der Waals surface area (Å²) in [6.07, 6.45) is 1.38. The summed E-state index contributed by atoms with van der Waals surface area (Å²) in [5.74, 6) is 0.837. The zero-order valence-corrected chi connectivity index (χ0v) is 14.9. The van der Waals surface area contributed by atoms with Gasteiger partial charge in [0.05, 0.1) is 13.2 Å². The number of carbonyl (C=O) groups excluding carboxylic acids is 1. The van der Waals surface area contributed by atoms with Crippen LogP contribution in [0.1, 0.15) is 34.6 Å². The minimum absolute atomic E-state index is 0.00299. The van der Waals surface area contributed by atoms with E-state index in [9.17, 15) is 4.79 Å². The summed E-state index contributed by atoms with van der Waals surface area (Å²) in [4.78, 5) is 12.0. The summed E-state index contributed by atoms with van der Waals surface area (Å²) >= 11 is 0. The molecule has 0 bridgehead atoms. The van der Waals surface area contributed by atoms with E-state index in [-0.39, 0.29) is 5.57 Å². The minimum Gasteiger partial charge on any atom is -0.490 e. The van der Waals surface area contributed by atoms with Crippen molar-refractivity contribution in [2.75, 3.05) is 18.5 Å². The van der Waals surface area contributed by atoms with Gasteiger partial charge in [-0.1, -0.05) is 0 Å². The molecule has 1 aromatic carbocycles. The number of nitrogens with zero attached hydrogens (tertiary/aromatic N) is 1. The summed E-state index contributed by atoms with van der Waals surface area (Å²) in [6, 6.07) is 7.24. The molecule has 130 valence electrons. The van der Waals surface area contributed by atoms with Crippen LogP contribution >= 0.6 is 0 Å². The molecule has 6 heteroatoms. The lowest BCUT2D eigenvalue weighted by molar-refractivity contribution is -0.118. The molecule has 1 amide bonds. The van der Waals surface area contributed by atoms with Crippen LogP contribution in [-0.4, -0.2) is 24.7 Å². The first-order valence-electron chi connectivity index (χ1n) is 7.89. The second-order valence-electron chi connectivity index (χ2n) is 6.05. The molecule has 0 saturated carbocycles. The fourth-order valence-corrected chi connectivity index (χ4v) is 1.85. The Bertz CT molecular complexity index is 640. The molecule has 2 N–H and O–H groups in total. The summed E-state index contributed by atoms with van der Waals surface area (Å²) in [7, 11) is 0. The maximum Gasteiger partial charge on any atom is 0.263 e. The first kappa shape index (κ1) is 19.4. The molecule has 6 nitrogen and oxygen atoms in total. The van der Waals surface area contributed by atoms with Gasteiger partial charge in [-0.25, -0.2) is 0 Å². The van der Waals surface area contributed by atoms with Crippen molar-refractivity contribution in [1.82, 2.24) is 5.32 Å². The molecule has 0 saturated heterocycles. The van der Waals surface area contributed by atoms with Crippen molar-refractivity contribution in [3.63, 3.8) is 0 Å². The van der Waals surface area contributed by atoms with Crippen molar-refractivity contribution in [3.8, 4) is 17.6 Å². The molecule has 0 aromatic heterocycles. The van der Waals surface area contributed by atoms with E-state index in [1.807, 2.05) is 40.7 Å². The van der Waals surface area contributed by atoms with Crippen molar-refractivity contribution >= 4 is 11.6 Å². The van der Waals surface area contributed by atoms with Crippen LogP contribution in [0.25, 0.3) is 0 Å². The Balaban J connectivity index is 2.93. The van der Waals surface area contributed by atoms with Crippen LogP contribution in [0.3, 0.4) is 0 Å². The normalized spacial score (nSPS) is 11.4. The van der Waals surface area contributed by atoms with Crippen LogP contribution in [-0.2, 0) is 4.79 Å². The van der Waals surface area contributed by atoms with Crippen LogP contribution in [0.15, 0.2) is 30.0 Å². The predicted octanol–water partition coefficient (Wildman–Crippen LogP) is 3.22. The molecule has 24 heavy (non-hydrogen) atoms. The lowest BCUT2D eigenvalue weighted by Crippen LogP contribution is -2.41. The van der Waals surface area contributed by atoms with Crippen molar-refractivity contribution in [3.05, 3.63) is 30.0 Å². The second kappa shape index (κ2) is 8.82. The lowest BCUT2D eigenvalue weighted by atomic mass is 10.1. The van der Waals surface area contributed by atoms with Crippen LogP contribution in [0.5, 0.6) is 11.5 Å². The highest BCUT2D eigenvalue weighted by Crippen LogP contribution is 2.30. The van der Waals surface area contributed by atoms with E-state index < -0.39 is 11.4 Å². The van der Waals surface area contributed by atoms with Gasteiger partial charge in [0.25, 0.3) is 5.91 Å². The van der Waals surface area contributed by atoms with E-state index in [0.29, 0.717) is 30.4 Å². The van der Waals surface area contributed by atoms with Gasteiger partial charge in [-0.2, -0.15) is 5.26 Å². The third-order valence-electron chi connectivity index (χ3n) is 2.78. The van der Waals surface area contributed by atoms with Gasteiger partial charge in [-0.05, 0) is 46.8 Å². The molecule has 0 aliphatic carbocycles. The third kappa shape index (κ3) is 6.21. The third-order valence-corrected chi connectivity index (χ3v) is 2.78. The number of amides is 1. The maximum absolute atomic E-state index is 12.0. The van der Waals surface area contributed by atoms with Gasteiger partial charge in [-0.3, -0.25) is 4.79 Å². The van der Waals surface area contributed by atoms with Crippen LogP contribution in [0.2, 0.25) is 0 Å². The van der Waals surface area contributed by atoms with Crippen molar-refractivity contribution in [2.45, 2.75) is 40.2 Å². The average molecular weight is 331 g/mol. The monoisotopic (exact) mass is 331 g/mol. The second-order valence-corrected chi connectivity index (χ2v) is 6.05. The van der Waals surface area contributed by atoms with Gasteiger partial charge in [0, 0.05) is 23.5 Å². The van der Waals surface area contributed by atoms with Crippen molar-refractivity contribution in [1.29, 1.82) is 5.26 Å². The Morgan fingerprint density at radius 2 is 1.83 bits per heavy atom. The van der Waals surface area contributed by atoms with Crippen LogP contribution < -0.4 is 20.1 Å². The van der Waals surface area contributed by atoms with E-state index >= 15 is 0 Å². The van der Waals surface area contributed by atoms with Crippen molar-refractivity contribution < 1.29 is 14.3 Å². The highest BCUT2D eigenvalue weighted by Gasteiger charge is 2.17. The number of rotatable bonds is 7. The number of benzene rings is 1. The number of nitriles is 1. The van der Waals surface area contributed by atoms with Gasteiger partial charge in [0.2, 0.25) is 0 Å². The highest BCUT2D eigenvalue weighted by molar-refractivity contribution is 5.97. The number of hydrogen-bond acceptors (Lipinski definition) is 5. The first-order valence-corrected chi connectivity index (χ1v) is 7.89. The minimum atomic E-state index is -0.423. The Morgan fingerprint density at radius 3 is 2.38 bits per heavy atom. The van der Waals surface area contributed by atoms with Gasteiger partial charge in [-0.15, -0.1) is 0 Å². The Hall–Kier alpha value is -2.68. The zero-order valence-electron chi connectivity index (χ0n) is 14.9. The van der Waals surface area contributed by atoms with Crippen LogP contribution in [0.4, 0.5) is 5.69 Å². The van der Waals surface area contributed by atoms with E-state index in [2.05, 4.69) is 10.6 Å². The number of nitrogens with one attached hydrogen (secondary N) is 2. The van der Waals surface area contributed by atoms with Crippen LogP contribution in [0, 0.1) is 11.3 Å². The predicted molar refractivity (Wildman–Crippen MR) is 94.0 cm³/mol. The maximum atomic E-state index is 12.0. The molecule has 0 aliphatic heterocycles. The van der Waals surface area contributed by atoms with E-state index in [4.69, 9.17) is 14.7 Å². The quantitative estimate of drug-likeness (QED) is 0.592. The molecule has 0 heterocycles. The Morgan fingerprint density at radius 1 is 1.21 bits per heavy atom. The molecule has 1 aromatic rings. The summed E-state index contributed by atoms with van der Waals surface area (Å²) in [5, 5.41) is 14.9. The highest BCUT2D eigenvalue weighted by atomic mass is 16.5. The van der Waals surface area contributed by atoms with E-state index in [1.165, 1.54) is 6.20 Å². The Labute approximate surface area is 143 Å². The molecule has 0 aliphatic rings. The topological polar surface area (TPSA) is 83.4 Å². The van der Waals surface area contributed by atoms with E-state index in [0.717, 1.165) is 0 Å². The molecule has 0 radical (unpaired) electrons. The average Bonchev–Trinajstić information content (AvgIpc) is 2.49. The summed E-state index contributed by atoms with van der Waals surface area (Å²) in [5.41, 5.74) is 0.281. The summed E-state index contributed by atoms with van der Waals surface area (Å²) in [6.45, 7) is 10.4. The van der Waals surface area contributed by atoms with Gasteiger partial charge in [0.15, 0.2) is 11.5 Å². The molecule has 0 spiro atoms. The van der Waals surface area contributed by atoms with Gasteiger partial charge in [0.1, 0.15) is 11.6 Å². The number of hydrogen-bond donors (Lipinski definition) is 2. The molecule has 1 rings (SSSR count). The number of anilines is 1. The smallest absolute Gasteiger partial charge is 0.263 e. The largest absolute Gasteiger partial charge is 0.490 e. The molecular weight excluding hydrogens is 306 g/mol. The molecule has 0 fully saturated rings. The number of carbonyl (C=O) groups is 1. The number of ether oxygens (including phenoxy) is 2. The molecular formula is C18H25N3O3. The fraction of sp³-hybridized carbons (Fsp3) is 0.444. The van der Waals surface area contributed by atoms with Gasteiger partial charge >= 0.3 is 0 Å². The fourth-order valence-electron chi connectivity index (χ4n) is 1.85. The molecule has 0 unspecified atom stereocenters. The standard InChI is InChI=1S/C18H25N3O3/c1-6-23-15-9-8-14(10-16(15)24-7-2)20-12-13(11-19)17(22)21-18(3,4)5/h8-10,12,20H,6-7H2,1-5H3,(H,21,22)/b13-12-.